The van der Waals surface area contributed by atoms with Gasteiger partial charge in [0.05, 0.1) is 35.5 Å². The largest absolute Gasteiger partial charge is 0.465 e. The second kappa shape index (κ2) is 8.43. The third-order valence-corrected chi connectivity index (χ3v) is 7.23. The molecule has 6 nitrogen and oxygen atoms in total. The molecule has 0 saturated heterocycles. The zero-order valence-electron chi connectivity index (χ0n) is 17.5. The molecule has 0 fully saturated rings. The van der Waals surface area contributed by atoms with Crippen LogP contribution in [0.1, 0.15) is 21.5 Å². The highest BCUT2D eigenvalue weighted by Gasteiger charge is 2.32. The fraction of sp³-hybridized carbons (Fsp3) is 0.208. The SMILES string of the molecule is COC(=O)c1ccc2c(c1)N(Cc1ccccc1)CCN2S(=O)(=O)c1ccc(C)cc1. The van der Waals surface area contributed by atoms with E-state index in [0.717, 1.165) is 11.1 Å². The Hall–Kier alpha value is -3.32. The van der Waals surface area contributed by atoms with Crippen molar-refractivity contribution in [2.45, 2.75) is 18.4 Å². The van der Waals surface area contributed by atoms with Gasteiger partial charge >= 0.3 is 5.97 Å². The lowest BCUT2D eigenvalue weighted by Crippen LogP contribution is -2.44. The molecule has 0 aromatic heterocycles. The van der Waals surface area contributed by atoms with E-state index in [1.165, 1.54) is 11.4 Å². The summed E-state index contributed by atoms with van der Waals surface area (Å²) in [6, 6.07) is 21.8. The van der Waals surface area contributed by atoms with Crippen LogP contribution in [0, 0.1) is 6.92 Å². The number of nitrogens with zero attached hydrogens (tertiary/aromatic N) is 2. The Morgan fingerprint density at radius 2 is 1.65 bits per heavy atom. The summed E-state index contributed by atoms with van der Waals surface area (Å²) in [5, 5.41) is 0. The Morgan fingerprint density at radius 3 is 2.32 bits per heavy atom. The molecule has 0 radical (unpaired) electrons. The number of methoxy groups -OCH3 is 1. The first-order valence-corrected chi connectivity index (χ1v) is 11.4. The summed E-state index contributed by atoms with van der Waals surface area (Å²) in [5.41, 5.74) is 3.72. The zero-order chi connectivity index (χ0) is 22.0. The molecule has 0 atom stereocenters. The Labute approximate surface area is 182 Å². The van der Waals surface area contributed by atoms with E-state index in [1.54, 1.807) is 42.5 Å². The minimum absolute atomic E-state index is 0.248. The lowest BCUT2D eigenvalue weighted by atomic mass is 10.1. The molecule has 0 spiro atoms. The molecule has 0 saturated carbocycles. The van der Waals surface area contributed by atoms with Crippen LogP contribution in [0.25, 0.3) is 0 Å². The highest BCUT2D eigenvalue weighted by Crippen LogP contribution is 2.38. The molecule has 1 aliphatic heterocycles. The fourth-order valence-electron chi connectivity index (χ4n) is 3.74. The monoisotopic (exact) mass is 436 g/mol. The zero-order valence-corrected chi connectivity index (χ0v) is 18.3. The van der Waals surface area contributed by atoms with Crippen LogP contribution in [0.3, 0.4) is 0 Å². The average Bonchev–Trinajstić information content (AvgIpc) is 2.79. The fourth-order valence-corrected chi connectivity index (χ4v) is 5.21. The molecule has 4 rings (SSSR count). The number of aryl methyl sites for hydroxylation is 1. The smallest absolute Gasteiger partial charge is 0.337 e. The van der Waals surface area contributed by atoms with Crippen LogP contribution < -0.4 is 9.21 Å². The van der Waals surface area contributed by atoms with Gasteiger partial charge in [0.15, 0.2) is 0 Å². The number of anilines is 2. The number of rotatable bonds is 5. The summed E-state index contributed by atoms with van der Waals surface area (Å²) in [5.74, 6) is -0.457. The van der Waals surface area contributed by atoms with Crippen LogP contribution in [0.15, 0.2) is 77.7 Å². The molecule has 0 unspecified atom stereocenters. The number of hydrogen-bond donors (Lipinski definition) is 0. The van der Waals surface area contributed by atoms with Crippen molar-refractivity contribution in [2.75, 3.05) is 29.4 Å². The molecule has 7 heteroatoms. The van der Waals surface area contributed by atoms with Crippen molar-refractivity contribution in [3.05, 3.63) is 89.5 Å². The van der Waals surface area contributed by atoms with Crippen molar-refractivity contribution in [1.82, 2.24) is 0 Å². The van der Waals surface area contributed by atoms with Gasteiger partial charge in [-0.25, -0.2) is 13.2 Å². The maximum atomic E-state index is 13.4. The first-order valence-electron chi connectivity index (χ1n) is 10.0. The van der Waals surface area contributed by atoms with E-state index in [4.69, 9.17) is 4.74 Å². The Bertz CT molecular complexity index is 1190. The van der Waals surface area contributed by atoms with E-state index >= 15 is 0 Å². The molecule has 1 heterocycles. The quantitative estimate of drug-likeness (QED) is 0.566. The van der Waals surface area contributed by atoms with Crippen molar-refractivity contribution >= 4 is 27.4 Å². The van der Waals surface area contributed by atoms with Gasteiger partial charge in [-0.1, -0.05) is 48.0 Å². The molecule has 160 valence electrons. The summed E-state index contributed by atoms with van der Waals surface area (Å²) in [6.45, 7) is 3.34. The maximum Gasteiger partial charge on any atom is 0.337 e. The summed E-state index contributed by atoms with van der Waals surface area (Å²) in [6.07, 6.45) is 0. The van der Waals surface area contributed by atoms with E-state index in [2.05, 4.69) is 4.90 Å². The molecular formula is C24H24N2O4S. The van der Waals surface area contributed by atoms with Crippen LogP contribution in [0.4, 0.5) is 11.4 Å². The lowest BCUT2D eigenvalue weighted by molar-refractivity contribution is 0.0601. The third kappa shape index (κ3) is 4.14. The predicted octanol–water partition coefficient (Wildman–Crippen LogP) is 4.00. The first kappa shape index (κ1) is 20.9. The summed E-state index contributed by atoms with van der Waals surface area (Å²) in [7, 11) is -2.41. The molecule has 0 aliphatic carbocycles. The third-order valence-electron chi connectivity index (χ3n) is 5.40. The minimum Gasteiger partial charge on any atom is -0.465 e. The molecule has 1 aliphatic rings. The number of carbonyl (C=O) groups is 1. The van der Waals surface area contributed by atoms with Gasteiger partial charge in [0.2, 0.25) is 0 Å². The molecule has 31 heavy (non-hydrogen) atoms. The summed E-state index contributed by atoms with van der Waals surface area (Å²) < 4.78 is 33.1. The van der Waals surface area contributed by atoms with Gasteiger partial charge in [-0.05, 0) is 42.8 Å². The lowest BCUT2D eigenvalue weighted by Gasteiger charge is -2.38. The minimum atomic E-state index is -3.74. The van der Waals surface area contributed by atoms with Gasteiger partial charge in [0.25, 0.3) is 10.0 Å². The van der Waals surface area contributed by atoms with Gasteiger partial charge in [-0.2, -0.15) is 0 Å². The molecule has 0 N–H and O–H groups in total. The maximum absolute atomic E-state index is 13.4. The van der Waals surface area contributed by atoms with E-state index < -0.39 is 16.0 Å². The van der Waals surface area contributed by atoms with Crippen molar-refractivity contribution in [2.24, 2.45) is 0 Å². The van der Waals surface area contributed by atoms with Gasteiger partial charge in [0, 0.05) is 13.1 Å². The van der Waals surface area contributed by atoms with Crippen LogP contribution in [0.2, 0.25) is 0 Å². The molecule has 0 bridgehead atoms. The number of sulfonamides is 1. The molecule has 3 aromatic rings. The van der Waals surface area contributed by atoms with Crippen molar-refractivity contribution in [1.29, 1.82) is 0 Å². The summed E-state index contributed by atoms with van der Waals surface area (Å²) >= 11 is 0. The van der Waals surface area contributed by atoms with Gasteiger partial charge < -0.3 is 9.64 Å². The highest BCUT2D eigenvalue weighted by atomic mass is 32.2. The van der Waals surface area contributed by atoms with Gasteiger partial charge in [-0.15, -0.1) is 0 Å². The van der Waals surface area contributed by atoms with Crippen molar-refractivity contribution in [3.63, 3.8) is 0 Å². The Morgan fingerprint density at radius 1 is 0.935 bits per heavy atom. The van der Waals surface area contributed by atoms with E-state index in [9.17, 15) is 13.2 Å². The van der Waals surface area contributed by atoms with Crippen LogP contribution >= 0.6 is 0 Å². The molecule has 3 aromatic carbocycles. The van der Waals surface area contributed by atoms with Crippen LogP contribution in [-0.2, 0) is 21.3 Å². The van der Waals surface area contributed by atoms with Crippen LogP contribution in [-0.4, -0.2) is 34.6 Å². The average molecular weight is 437 g/mol. The number of ether oxygens (including phenoxy) is 1. The highest BCUT2D eigenvalue weighted by molar-refractivity contribution is 7.92. The van der Waals surface area contributed by atoms with Gasteiger partial charge in [0.1, 0.15) is 0 Å². The standard InChI is InChI=1S/C24H24N2O4S/c1-18-8-11-21(12-9-18)31(28,29)26-15-14-25(17-19-6-4-3-5-7-19)23-16-20(24(27)30-2)10-13-22(23)26/h3-13,16H,14-15,17H2,1-2H3. The van der Waals surface area contributed by atoms with Crippen molar-refractivity contribution in [3.8, 4) is 0 Å². The number of hydrogen-bond acceptors (Lipinski definition) is 5. The molecular weight excluding hydrogens is 412 g/mol. The second-order valence-electron chi connectivity index (χ2n) is 7.49. The topological polar surface area (TPSA) is 66.9 Å². The summed E-state index contributed by atoms with van der Waals surface area (Å²) in [4.78, 5) is 14.5. The van der Waals surface area contributed by atoms with E-state index in [1.807, 2.05) is 37.3 Å². The van der Waals surface area contributed by atoms with Gasteiger partial charge in [-0.3, -0.25) is 4.31 Å². The normalized spacial score (nSPS) is 13.6. The first-order chi connectivity index (χ1) is 14.9. The Kier molecular flexibility index (Phi) is 5.69. The second-order valence-corrected chi connectivity index (χ2v) is 9.35. The number of carbonyl (C=O) groups excluding carboxylic acids is 1. The number of benzene rings is 3. The predicted molar refractivity (Wildman–Crippen MR) is 121 cm³/mol. The molecule has 0 amide bonds. The van der Waals surface area contributed by atoms with E-state index in [0.29, 0.717) is 36.6 Å². The van der Waals surface area contributed by atoms with Crippen molar-refractivity contribution < 1.29 is 17.9 Å². The van der Waals surface area contributed by atoms with Crippen LogP contribution in [0.5, 0.6) is 0 Å². The Balaban J connectivity index is 1.77. The number of esters is 1. The van der Waals surface area contributed by atoms with E-state index in [-0.39, 0.29) is 4.90 Å². The number of fused-ring (bicyclic) bond motifs is 1.